The molecule has 0 amide bonds. The zero-order chi connectivity index (χ0) is 13.7. The molecule has 1 aromatic carbocycles. The van der Waals surface area contributed by atoms with Gasteiger partial charge >= 0.3 is 0 Å². The van der Waals surface area contributed by atoms with E-state index in [1.165, 1.54) is 34.4 Å². The van der Waals surface area contributed by atoms with Gasteiger partial charge in [-0.15, -0.1) is 11.3 Å². The fourth-order valence-corrected chi connectivity index (χ4v) is 3.11. The van der Waals surface area contributed by atoms with Gasteiger partial charge in [0.1, 0.15) is 0 Å². The van der Waals surface area contributed by atoms with Crippen molar-refractivity contribution in [1.82, 2.24) is 5.32 Å². The highest BCUT2D eigenvalue weighted by molar-refractivity contribution is 7.10. The molecule has 102 valence electrons. The zero-order valence-corrected chi connectivity index (χ0v) is 12.9. The Morgan fingerprint density at radius 3 is 2.63 bits per heavy atom. The van der Waals surface area contributed by atoms with Crippen LogP contribution in [0.15, 0.2) is 35.7 Å². The Kier molecular flexibility index (Phi) is 5.17. The van der Waals surface area contributed by atoms with E-state index in [1.807, 2.05) is 11.3 Å². The van der Waals surface area contributed by atoms with Gasteiger partial charge in [-0.2, -0.15) is 0 Å². The average Bonchev–Trinajstić information content (AvgIpc) is 2.92. The molecule has 0 aliphatic heterocycles. The average molecular weight is 273 g/mol. The molecule has 0 saturated heterocycles. The molecule has 0 saturated carbocycles. The summed E-state index contributed by atoms with van der Waals surface area (Å²) in [5, 5.41) is 5.86. The number of thiophene rings is 1. The van der Waals surface area contributed by atoms with E-state index in [-0.39, 0.29) is 0 Å². The van der Waals surface area contributed by atoms with Crippen LogP contribution in [-0.2, 0) is 6.54 Å². The van der Waals surface area contributed by atoms with Crippen LogP contribution >= 0.6 is 11.3 Å². The van der Waals surface area contributed by atoms with Gasteiger partial charge in [-0.25, -0.2) is 0 Å². The highest BCUT2D eigenvalue weighted by atomic mass is 32.1. The van der Waals surface area contributed by atoms with Crippen molar-refractivity contribution < 1.29 is 0 Å². The third-order valence-corrected chi connectivity index (χ3v) is 4.57. The molecule has 0 aliphatic carbocycles. The number of hydrogen-bond acceptors (Lipinski definition) is 2. The third kappa shape index (κ3) is 3.92. The molecule has 1 nitrogen and oxygen atoms in total. The van der Waals surface area contributed by atoms with Crippen LogP contribution in [0, 0.1) is 13.8 Å². The van der Waals surface area contributed by atoms with Crippen LogP contribution in [-0.4, -0.2) is 0 Å². The zero-order valence-electron chi connectivity index (χ0n) is 12.1. The van der Waals surface area contributed by atoms with Crippen LogP contribution in [0.3, 0.4) is 0 Å². The molecule has 0 bridgehead atoms. The SMILES string of the molecule is CCCC(NCc1ccc(C)c(C)c1)c1cccs1. The minimum Gasteiger partial charge on any atom is -0.305 e. The lowest BCUT2D eigenvalue weighted by atomic mass is 10.1. The van der Waals surface area contributed by atoms with Crippen molar-refractivity contribution in [2.45, 2.75) is 46.2 Å². The number of nitrogens with one attached hydrogen (secondary N) is 1. The highest BCUT2D eigenvalue weighted by Gasteiger charge is 2.10. The van der Waals surface area contributed by atoms with E-state index in [0.717, 1.165) is 6.54 Å². The molecular formula is C17H23NS. The normalized spacial score (nSPS) is 12.6. The molecule has 2 heteroatoms. The van der Waals surface area contributed by atoms with Gasteiger partial charge in [0.05, 0.1) is 0 Å². The summed E-state index contributed by atoms with van der Waals surface area (Å²) in [5.74, 6) is 0. The number of benzene rings is 1. The van der Waals surface area contributed by atoms with Crippen molar-refractivity contribution in [3.63, 3.8) is 0 Å². The van der Waals surface area contributed by atoms with E-state index in [1.54, 1.807) is 0 Å². The first-order valence-corrected chi connectivity index (χ1v) is 7.91. The molecule has 0 spiro atoms. The lowest BCUT2D eigenvalue weighted by Gasteiger charge is -2.17. The standard InChI is InChI=1S/C17H23NS/c1-4-6-16(17-7-5-10-19-17)18-12-15-9-8-13(2)14(3)11-15/h5,7-11,16,18H,4,6,12H2,1-3H3. The van der Waals surface area contributed by atoms with Gasteiger partial charge in [0, 0.05) is 17.5 Å². The summed E-state index contributed by atoms with van der Waals surface area (Å²) in [6, 6.07) is 11.6. The molecular weight excluding hydrogens is 250 g/mol. The first kappa shape index (κ1) is 14.3. The molecule has 2 aromatic rings. The summed E-state index contributed by atoms with van der Waals surface area (Å²) in [7, 11) is 0. The Morgan fingerprint density at radius 1 is 1.16 bits per heavy atom. The van der Waals surface area contributed by atoms with Gasteiger partial charge in [-0.05, 0) is 48.4 Å². The maximum absolute atomic E-state index is 3.70. The molecule has 2 rings (SSSR count). The predicted molar refractivity (Wildman–Crippen MR) is 84.7 cm³/mol. The van der Waals surface area contributed by atoms with Crippen molar-refractivity contribution in [1.29, 1.82) is 0 Å². The molecule has 1 aromatic heterocycles. The van der Waals surface area contributed by atoms with Gasteiger partial charge in [0.15, 0.2) is 0 Å². The van der Waals surface area contributed by atoms with Crippen LogP contribution in [0.25, 0.3) is 0 Å². The summed E-state index contributed by atoms with van der Waals surface area (Å²) >= 11 is 1.85. The predicted octanol–water partition coefficient (Wildman–Crippen LogP) is 5.00. The third-order valence-electron chi connectivity index (χ3n) is 3.59. The Balaban J connectivity index is 2.00. The summed E-state index contributed by atoms with van der Waals surface area (Å²) in [5.41, 5.74) is 4.12. The van der Waals surface area contributed by atoms with Gasteiger partial charge in [0.2, 0.25) is 0 Å². The summed E-state index contributed by atoms with van der Waals surface area (Å²) in [6.45, 7) is 7.54. The van der Waals surface area contributed by atoms with Gasteiger partial charge in [-0.3, -0.25) is 0 Å². The summed E-state index contributed by atoms with van der Waals surface area (Å²) in [4.78, 5) is 1.45. The number of hydrogen-bond donors (Lipinski definition) is 1. The Morgan fingerprint density at radius 2 is 2.00 bits per heavy atom. The quantitative estimate of drug-likeness (QED) is 0.781. The van der Waals surface area contributed by atoms with Crippen LogP contribution in [0.5, 0.6) is 0 Å². The van der Waals surface area contributed by atoms with Crippen LogP contribution in [0.4, 0.5) is 0 Å². The minimum absolute atomic E-state index is 0.492. The van der Waals surface area contributed by atoms with Crippen molar-refractivity contribution in [3.05, 3.63) is 57.3 Å². The van der Waals surface area contributed by atoms with Crippen LogP contribution in [0.2, 0.25) is 0 Å². The Bertz CT molecular complexity index is 502. The van der Waals surface area contributed by atoms with Crippen molar-refractivity contribution in [3.8, 4) is 0 Å². The lowest BCUT2D eigenvalue weighted by molar-refractivity contribution is 0.500. The van der Waals surface area contributed by atoms with Gasteiger partial charge < -0.3 is 5.32 Å². The van der Waals surface area contributed by atoms with Crippen LogP contribution in [0.1, 0.15) is 47.4 Å². The van der Waals surface area contributed by atoms with Crippen molar-refractivity contribution >= 4 is 11.3 Å². The smallest absolute Gasteiger partial charge is 0.0417 e. The minimum atomic E-state index is 0.492. The Hall–Kier alpha value is -1.12. The maximum Gasteiger partial charge on any atom is 0.0417 e. The fourth-order valence-electron chi connectivity index (χ4n) is 2.28. The second-order valence-corrected chi connectivity index (χ2v) is 6.14. The maximum atomic E-state index is 3.70. The highest BCUT2D eigenvalue weighted by Crippen LogP contribution is 2.23. The Labute approximate surface area is 120 Å². The second kappa shape index (κ2) is 6.88. The molecule has 1 N–H and O–H groups in total. The summed E-state index contributed by atoms with van der Waals surface area (Å²) < 4.78 is 0. The van der Waals surface area contributed by atoms with E-state index in [0.29, 0.717) is 6.04 Å². The first-order chi connectivity index (χ1) is 9.20. The van der Waals surface area contributed by atoms with Crippen molar-refractivity contribution in [2.24, 2.45) is 0 Å². The molecule has 0 radical (unpaired) electrons. The topological polar surface area (TPSA) is 12.0 Å². The number of aryl methyl sites for hydroxylation is 2. The van der Waals surface area contributed by atoms with E-state index in [2.05, 4.69) is 61.8 Å². The van der Waals surface area contributed by atoms with Gasteiger partial charge in [-0.1, -0.05) is 37.6 Å². The molecule has 1 heterocycles. The molecule has 1 atom stereocenters. The largest absolute Gasteiger partial charge is 0.305 e. The van der Waals surface area contributed by atoms with E-state index in [9.17, 15) is 0 Å². The van der Waals surface area contributed by atoms with Crippen molar-refractivity contribution in [2.75, 3.05) is 0 Å². The molecule has 0 aliphatic rings. The monoisotopic (exact) mass is 273 g/mol. The summed E-state index contributed by atoms with van der Waals surface area (Å²) in [6.07, 6.45) is 2.41. The lowest BCUT2D eigenvalue weighted by Crippen LogP contribution is -2.20. The second-order valence-electron chi connectivity index (χ2n) is 5.16. The molecule has 0 fully saturated rings. The van der Waals surface area contributed by atoms with Gasteiger partial charge in [0.25, 0.3) is 0 Å². The van der Waals surface area contributed by atoms with E-state index in [4.69, 9.17) is 0 Å². The van der Waals surface area contributed by atoms with E-state index >= 15 is 0 Å². The molecule has 19 heavy (non-hydrogen) atoms. The van der Waals surface area contributed by atoms with E-state index < -0.39 is 0 Å². The van der Waals surface area contributed by atoms with Crippen LogP contribution < -0.4 is 5.32 Å². The first-order valence-electron chi connectivity index (χ1n) is 7.03. The molecule has 1 unspecified atom stereocenters. The number of rotatable bonds is 6. The fraction of sp³-hybridized carbons (Fsp3) is 0.412.